The zero-order valence-corrected chi connectivity index (χ0v) is 12.8. The number of fused-ring (bicyclic) bond motifs is 1. The van der Waals surface area contributed by atoms with Gasteiger partial charge in [0.25, 0.3) is 0 Å². The molecule has 20 heavy (non-hydrogen) atoms. The van der Waals surface area contributed by atoms with Crippen LogP contribution >= 0.6 is 0 Å². The molecule has 0 amide bonds. The second-order valence-electron chi connectivity index (χ2n) is 6.38. The fraction of sp³-hybridized carbons (Fsp3) is 0.647. The molecule has 0 aliphatic carbocycles. The van der Waals surface area contributed by atoms with E-state index in [-0.39, 0.29) is 0 Å². The van der Waals surface area contributed by atoms with Gasteiger partial charge in [-0.25, -0.2) is 0 Å². The molecule has 2 atom stereocenters. The summed E-state index contributed by atoms with van der Waals surface area (Å²) in [6.07, 6.45) is 4.09. The lowest BCUT2D eigenvalue weighted by molar-refractivity contribution is 0.102. The Bertz CT molecular complexity index is 428. The van der Waals surface area contributed by atoms with Gasteiger partial charge in [0.1, 0.15) is 0 Å². The average Bonchev–Trinajstić information content (AvgIpc) is 2.48. The van der Waals surface area contributed by atoms with Gasteiger partial charge in [0.15, 0.2) is 0 Å². The summed E-state index contributed by atoms with van der Waals surface area (Å²) >= 11 is 0. The first-order chi connectivity index (χ1) is 9.78. The second-order valence-corrected chi connectivity index (χ2v) is 6.38. The number of anilines is 1. The topological polar surface area (TPSA) is 18.5 Å². The van der Waals surface area contributed by atoms with E-state index in [2.05, 4.69) is 46.4 Å². The summed E-state index contributed by atoms with van der Waals surface area (Å²) in [4.78, 5) is 5.17. The molecular formula is C17H27N3. The first kappa shape index (κ1) is 13.9. The van der Waals surface area contributed by atoms with Gasteiger partial charge in [-0.15, -0.1) is 0 Å². The number of hydrogen-bond donors (Lipinski definition) is 1. The van der Waals surface area contributed by atoms with Crippen molar-refractivity contribution in [2.45, 2.75) is 31.8 Å². The molecule has 1 N–H and O–H groups in total. The third-order valence-corrected chi connectivity index (χ3v) is 5.03. The lowest BCUT2D eigenvalue weighted by Crippen LogP contribution is -2.52. The molecule has 2 heterocycles. The van der Waals surface area contributed by atoms with Crippen LogP contribution in [0, 0.1) is 5.92 Å². The maximum atomic E-state index is 3.21. The predicted molar refractivity (Wildman–Crippen MR) is 85.2 cm³/mol. The molecule has 0 saturated carbocycles. The van der Waals surface area contributed by atoms with Crippen molar-refractivity contribution >= 4 is 5.69 Å². The summed E-state index contributed by atoms with van der Waals surface area (Å²) in [5, 5.41) is 3.21. The molecule has 2 aliphatic rings. The molecule has 3 rings (SSSR count). The third-order valence-electron chi connectivity index (χ3n) is 5.03. The van der Waals surface area contributed by atoms with Gasteiger partial charge in [0.2, 0.25) is 0 Å². The Balaban J connectivity index is 1.66. The number of piperidine rings is 2. The quantitative estimate of drug-likeness (QED) is 0.912. The molecule has 0 aromatic heterocycles. The van der Waals surface area contributed by atoms with Crippen molar-refractivity contribution in [3.8, 4) is 0 Å². The van der Waals surface area contributed by atoms with E-state index in [0.717, 1.165) is 18.5 Å². The maximum Gasteiger partial charge on any atom is 0.0366 e. The molecule has 0 spiro atoms. The van der Waals surface area contributed by atoms with Crippen molar-refractivity contribution in [2.24, 2.45) is 5.92 Å². The number of nitrogens with one attached hydrogen (secondary N) is 1. The summed E-state index contributed by atoms with van der Waals surface area (Å²) < 4.78 is 0. The van der Waals surface area contributed by atoms with Crippen molar-refractivity contribution in [3.05, 3.63) is 29.8 Å². The van der Waals surface area contributed by atoms with E-state index in [1.165, 1.54) is 50.1 Å². The minimum Gasteiger partial charge on any atom is -0.371 e. The molecule has 0 radical (unpaired) electrons. The first-order valence-corrected chi connectivity index (χ1v) is 7.96. The van der Waals surface area contributed by atoms with E-state index < -0.39 is 0 Å². The van der Waals surface area contributed by atoms with E-state index in [9.17, 15) is 0 Å². The maximum absolute atomic E-state index is 3.21. The zero-order valence-electron chi connectivity index (χ0n) is 12.8. The summed E-state index contributed by atoms with van der Waals surface area (Å²) in [6, 6.07) is 9.91. The van der Waals surface area contributed by atoms with Crippen LogP contribution in [0.3, 0.4) is 0 Å². The van der Waals surface area contributed by atoms with E-state index >= 15 is 0 Å². The molecule has 3 heteroatoms. The van der Waals surface area contributed by atoms with Crippen molar-refractivity contribution in [3.63, 3.8) is 0 Å². The molecular weight excluding hydrogens is 246 g/mol. The fourth-order valence-corrected chi connectivity index (χ4v) is 3.92. The van der Waals surface area contributed by atoms with Crippen LogP contribution in [0.4, 0.5) is 5.69 Å². The highest BCUT2D eigenvalue weighted by Crippen LogP contribution is 2.31. The van der Waals surface area contributed by atoms with Crippen molar-refractivity contribution in [2.75, 3.05) is 38.6 Å². The van der Waals surface area contributed by atoms with Crippen LogP contribution < -0.4 is 10.2 Å². The Morgan fingerprint density at radius 3 is 2.70 bits per heavy atom. The van der Waals surface area contributed by atoms with Crippen LogP contribution in [0.5, 0.6) is 0 Å². The average molecular weight is 273 g/mol. The summed E-state index contributed by atoms with van der Waals surface area (Å²) in [7, 11) is 4.30. The van der Waals surface area contributed by atoms with Gasteiger partial charge in [-0.05, 0) is 63.5 Å². The lowest BCUT2D eigenvalue weighted by Gasteiger charge is -2.46. The number of rotatable bonds is 3. The van der Waals surface area contributed by atoms with Gasteiger partial charge in [0.05, 0.1) is 0 Å². The van der Waals surface area contributed by atoms with Crippen molar-refractivity contribution < 1.29 is 0 Å². The predicted octanol–water partition coefficient (Wildman–Crippen LogP) is 2.33. The van der Waals surface area contributed by atoms with E-state index in [1.54, 1.807) is 0 Å². The monoisotopic (exact) mass is 273 g/mol. The minimum absolute atomic E-state index is 0.823. The van der Waals surface area contributed by atoms with Crippen LogP contribution in [0.2, 0.25) is 0 Å². The highest BCUT2D eigenvalue weighted by Gasteiger charge is 2.34. The lowest BCUT2D eigenvalue weighted by atomic mass is 9.84. The van der Waals surface area contributed by atoms with Gasteiger partial charge in [-0.1, -0.05) is 12.1 Å². The minimum atomic E-state index is 0.823. The molecule has 3 nitrogen and oxygen atoms in total. The number of likely N-dealkylation sites (tertiary alicyclic amines) is 1. The van der Waals surface area contributed by atoms with E-state index in [1.807, 2.05) is 7.05 Å². The van der Waals surface area contributed by atoms with Crippen LogP contribution in [0.15, 0.2) is 24.3 Å². The summed E-state index contributed by atoms with van der Waals surface area (Å²) in [5.74, 6) is 0.861. The first-order valence-electron chi connectivity index (χ1n) is 7.96. The van der Waals surface area contributed by atoms with Crippen molar-refractivity contribution in [1.29, 1.82) is 0 Å². The SMILES string of the molecule is CNCc1ccc(N2CCC3C(CCCN3C)C2)cc1. The van der Waals surface area contributed by atoms with Gasteiger partial charge in [-0.2, -0.15) is 0 Å². The fourth-order valence-electron chi connectivity index (χ4n) is 3.92. The number of benzene rings is 1. The molecule has 110 valence electrons. The molecule has 0 bridgehead atoms. The Labute approximate surface area is 123 Å². The molecule has 2 fully saturated rings. The Morgan fingerprint density at radius 2 is 1.95 bits per heavy atom. The zero-order chi connectivity index (χ0) is 13.9. The molecule has 2 saturated heterocycles. The normalized spacial score (nSPS) is 27.4. The molecule has 2 unspecified atom stereocenters. The Kier molecular flexibility index (Phi) is 4.27. The largest absolute Gasteiger partial charge is 0.371 e. The van der Waals surface area contributed by atoms with Crippen molar-refractivity contribution in [1.82, 2.24) is 10.2 Å². The van der Waals surface area contributed by atoms with E-state index in [4.69, 9.17) is 0 Å². The van der Waals surface area contributed by atoms with E-state index in [0.29, 0.717) is 0 Å². The highest BCUT2D eigenvalue weighted by atomic mass is 15.2. The standard InChI is InChI=1S/C17H27N3/c1-18-12-14-5-7-16(8-6-14)20-11-9-17-15(13-20)4-3-10-19(17)2/h5-8,15,17-18H,3-4,9-13H2,1-2H3. The van der Waals surface area contributed by atoms with Gasteiger partial charge >= 0.3 is 0 Å². The second kappa shape index (κ2) is 6.15. The third kappa shape index (κ3) is 2.84. The molecule has 2 aliphatic heterocycles. The van der Waals surface area contributed by atoms with Crippen LogP contribution in [-0.4, -0.2) is 44.7 Å². The molecule has 1 aromatic rings. The highest BCUT2D eigenvalue weighted by molar-refractivity contribution is 5.48. The smallest absolute Gasteiger partial charge is 0.0366 e. The van der Waals surface area contributed by atoms with Gasteiger partial charge in [-0.3, -0.25) is 0 Å². The van der Waals surface area contributed by atoms with Crippen LogP contribution in [0.25, 0.3) is 0 Å². The number of nitrogens with zero attached hydrogens (tertiary/aromatic N) is 2. The Hall–Kier alpha value is -1.06. The Morgan fingerprint density at radius 1 is 1.15 bits per heavy atom. The van der Waals surface area contributed by atoms with Crippen LogP contribution in [-0.2, 0) is 6.54 Å². The summed E-state index contributed by atoms with van der Waals surface area (Å²) in [5.41, 5.74) is 2.76. The molecule has 1 aromatic carbocycles. The van der Waals surface area contributed by atoms with Gasteiger partial charge in [0, 0.05) is 31.4 Å². The van der Waals surface area contributed by atoms with Crippen LogP contribution in [0.1, 0.15) is 24.8 Å². The van der Waals surface area contributed by atoms with Gasteiger partial charge < -0.3 is 15.1 Å². The summed E-state index contributed by atoms with van der Waals surface area (Å²) in [6.45, 7) is 4.69. The number of hydrogen-bond acceptors (Lipinski definition) is 3.